The van der Waals surface area contributed by atoms with Crippen molar-refractivity contribution in [2.45, 2.75) is 12.3 Å². The Morgan fingerprint density at radius 2 is 2.00 bits per heavy atom. The molecule has 2 N–H and O–H groups in total. The van der Waals surface area contributed by atoms with Gasteiger partial charge in [-0.2, -0.15) is 0 Å². The van der Waals surface area contributed by atoms with E-state index in [0.29, 0.717) is 5.92 Å². The van der Waals surface area contributed by atoms with E-state index in [4.69, 9.17) is 0 Å². The van der Waals surface area contributed by atoms with Gasteiger partial charge < -0.3 is 10.3 Å². The molecule has 1 fully saturated rings. The lowest BCUT2D eigenvalue weighted by Gasteiger charge is -2.11. The van der Waals surface area contributed by atoms with Crippen LogP contribution in [0.3, 0.4) is 0 Å². The zero-order valence-corrected chi connectivity index (χ0v) is 8.99. The quantitative estimate of drug-likeness (QED) is 0.757. The van der Waals surface area contributed by atoms with Gasteiger partial charge in [-0.05, 0) is 35.9 Å². The Labute approximate surface area is 93.5 Å². The molecule has 1 aromatic heterocycles. The summed E-state index contributed by atoms with van der Waals surface area (Å²) in [5.74, 6) is 0.529. The van der Waals surface area contributed by atoms with Gasteiger partial charge >= 0.3 is 0 Å². The fourth-order valence-electron chi connectivity index (χ4n) is 2.49. The molecule has 2 aromatic rings. The average Bonchev–Trinajstić information content (AvgIpc) is 2.83. The maximum absolute atomic E-state index is 11.7. The van der Waals surface area contributed by atoms with Crippen LogP contribution in [0.4, 0.5) is 0 Å². The molecular formula is C13H14N2O. The van der Waals surface area contributed by atoms with Gasteiger partial charge in [0.1, 0.15) is 0 Å². The van der Waals surface area contributed by atoms with E-state index in [1.807, 2.05) is 30.5 Å². The Hall–Kier alpha value is -1.61. The summed E-state index contributed by atoms with van der Waals surface area (Å²) in [5.41, 5.74) is 1.27. The minimum Gasteiger partial charge on any atom is -0.328 e. The van der Waals surface area contributed by atoms with Crippen LogP contribution in [0.5, 0.6) is 0 Å². The Balaban J connectivity index is 2.25. The lowest BCUT2D eigenvalue weighted by molar-refractivity contribution is 0.765. The minimum absolute atomic E-state index is 0.00491. The zero-order valence-electron chi connectivity index (χ0n) is 8.99. The van der Waals surface area contributed by atoms with E-state index in [1.165, 1.54) is 5.56 Å². The van der Waals surface area contributed by atoms with Gasteiger partial charge in [0.05, 0.1) is 0 Å². The molecule has 82 valence electrons. The van der Waals surface area contributed by atoms with Crippen LogP contribution >= 0.6 is 0 Å². The molecule has 0 amide bonds. The second-order valence-corrected chi connectivity index (χ2v) is 4.31. The molecule has 0 bridgehead atoms. The van der Waals surface area contributed by atoms with Crippen molar-refractivity contribution in [3.8, 4) is 0 Å². The van der Waals surface area contributed by atoms with Gasteiger partial charge in [-0.1, -0.05) is 18.2 Å². The molecule has 1 unspecified atom stereocenters. The predicted molar refractivity (Wildman–Crippen MR) is 64.8 cm³/mol. The topological polar surface area (TPSA) is 44.9 Å². The van der Waals surface area contributed by atoms with Crippen molar-refractivity contribution in [3.05, 3.63) is 46.4 Å². The summed E-state index contributed by atoms with van der Waals surface area (Å²) >= 11 is 0. The van der Waals surface area contributed by atoms with Crippen LogP contribution in [0.2, 0.25) is 0 Å². The molecule has 3 nitrogen and oxygen atoms in total. The molecule has 0 saturated carbocycles. The number of nitrogens with one attached hydrogen (secondary N) is 2. The van der Waals surface area contributed by atoms with Crippen LogP contribution in [0.25, 0.3) is 10.8 Å². The largest absolute Gasteiger partial charge is 0.328 e. The maximum Gasteiger partial charge on any atom is 0.255 e. The van der Waals surface area contributed by atoms with Gasteiger partial charge in [0, 0.05) is 18.1 Å². The predicted octanol–water partition coefficient (Wildman–Crippen LogP) is 1.60. The molecule has 16 heavy (non-hydrogen) atoms. The fraction of sp³-hybridized carbons (Fsp3) is 0.308. The van der Waals surface area contributed by atoms with Crippen molar-refractivity contribution in [3.63, 3.8) is 0 Å². The van der Waals surface area contributed by atoms with Gasteiger partial charge in [0.25, 0.3) is 5.56 Å². The highest BCUT2D eigenvalue weighted by atomic mass is 16.1. The summed E-state index contributed by atoms with van der Waals surface area (Å²) in [6.07, 6.45) is 3.03. The first-order valence-electron chi connectivity index (χ1n) is 5.67. The third-order valence-electron chi connectivity index (χ3n) is 3.34. The molecule has 0 aliphatic carbocycles. The van der Waals surface area contributed by atoms with E-state index in [9.17, 15) is 4.79 Å². The SMILES string of the molecule is O=c1[nH]cc(C2CCNC2)c2ccccc12. The normalized spacial score (nSPS) is 20.4. The average molecular weight is 214 g/mol. The van der Waals surface area contributed by atoms with Crippen molar-refractivity contribution < 1.29 is 0 Å². The van der Waals surface area contributed by atoms with E-state index in [1.54, 1.807) is 0 Å². The van der Waals surface area contributed by atoms with Crippen LogP contribution in [-0.4, -0.2) is 18.1 Å². The zero-order chi connectivity index (χ0) is 11.0. The first-order chi connectivity index (χ1) is 7.86. The fourth-order valence-corrected chi connectivity index (χ4v) is 2.49. The Morgan fingerprint density at radius 1 is 1.19 bits per heavy atom. The third-order valence-corrected chi connectivity index (χ3v) is 3.34. The number of aromatic nitrogens is 1. The molecular weight excluding hydrogens is 200 g/mol. The van der Waals surface area contributed by atoms with E-state index < -0.39 is 0 Å². The lowest BCUT2D eigenvalue weighted by atomic mass is 9.95. The molecule has 2 heterocycles. The molecule has 1 aromatic carbocycles. The summed E-state index contributed by atoms with van der Waals surface area (Å²) in [7, 11) is 0. The van der Waals surface area contributed by atoms with Crippen LogP contribution in [0.15, 0.2) is 35.3 Å². The van der Waals surface area contributed by atoms with Crippen LogP contribution in [0.1, 0.15) is 17.9 Å². The minimum atomic E-state index is 0.00491. The molecule has 0 spiro atoms. The first-order valence-corrected chi connectivity index (χ1v) is 5.67. The molecule has 1 aliphatic rings. The van der Waals surface area contributed by atoms with Gasteiger partial charge in [-0.3, -0.25) is 4.79 Å². The smallest absolute Gasteiger partial charge is 0.255 e. The van der Waals surface area contributed by atoms with Crippen LogP contribution < -0.4 is 10.9 Å². The van der Waals surface area contributed by atoms with Gasteiger partial charge in [-0.15, -0.1) is 0 Å². The summed E-state index contributed by atoms with van der Waals surface area (Å²) in [4.78, 5) is 14.5. The molecule has 3 heteroatoms. The van der Waals surface area contributed by atoms with E-state index in [0.717, 1.165) is 30.3 Å². The highest BCUT2D eigenvalue weighted by molar-refractivity contribution is 5.85. The number of benzene rings is 1. The maximum atomic E-state index is 11.7. The molecule has 1 saturated heterocycles. The second-order valence-electron chi connectivity index (χ2n) is 4.31. The number of rotatable bonds is 1. The third kappa shape index (κ3) is 1.44. The van der Waals surface area contributed by atoms with Gasteiger partial charge in [0.2, 0.25) is 0 Å². The molecule has 1 atom stereocenters. The molecule has 1 aliphatic heterocycles. The summed E-state index contributed by atoms with van der Waals surface area (Å²) < 4.78 is 0. The van der Waals surface area contributed by atoms with Gasteiger partial charge in [0.15, 0.2) is 0 Å². The van der Waals surface area contributed by atoms with Crippen molar-refractivity contribution in [2.75, 3.05) is 13.1 Å². The highest BCUT2D eigenvalue weighted by Gasteiger charge is 2.19. The highest BCUT2D eigenvalue weighted by Crippen LogP contribution is 2.27. The molecule has 3 rings (SSSR count). The monoisotopic (exact) mass is 214 g/mol. The second kappa shape index (κ2) is 3.76. The van der Waals surface area contributed by atoms with Crippen molar-refractivity contribution in [2.24, 2.45) is 0 Å². The van der Waals surface area contributed by atoms with E-state index in [2.05, 4.69) is 10.3 Å². The Morgan fingerprint density at radius 3 is 2.75 bits per heavy atom. The number of pyridine rings is 1. The van der Waals surface area contributed by atoms with Crippen LogP contribution in [0, 0.1) is 0 Å². The summed E-state index contributed by atoms with van der Waals surface area (Å²) in [6.45, 7) is 2.08. The van der Waals surface area contributed by atoms with E-state index in [-0.39, 0.29) is 5.56 Å². The summed E-state index contributed by atoms with van der Waals surface area (Å²) in [5, 5.41) is 5.25. The van der Waals surface area contributed by atoms with Crippen molar-refractivity contribution in [1.82, 2.24) is 10.3 Å². The lowest BCUT2D eigenvalue weighted by Crippen LogP contribution is -2.12. The standard InChI is InChI=1S/C13H14N2O/c16-13-11-4-2-1-3-10(11)12(8-15-13)9-5-6-14-7-9/h1-4,8-9,14H,5-7H2,(H,15,16). The Bertz CT molecular complexity index is 567. The first kappa shape index (κ1) is 9.60. The molecule has 0 radical (unpaired) electrons. The number of hydrogen-bond acceptors (Lipinski definition) is 2. The van der Waals surface area contributed by atoms with Gasteiger partial charge in [-0.25, -0.2) is 0 Å². The number of aromatic amines is 1. The number of fused-ring (bicyclic) bond motifs is 1. The van der Waals surface area contributed by atoms with Crippen LogP contribution in [-0.2, 0) is 0 Å². The van der Waals surface area contributed by atoms with Crippen molar-refractivity contribution >= 4 is 10.8 Å². The summed E-state index contributed by atoms with van der Waals surface area (Å²) in [6, 6.07) is 7.83. The van der Waals surface area contributed by atoms with Crippen molar-refractivity contribution in [1.29, 1.82) is 0 Å². The Kier molecular flexibility index (Phi) is 2.26. The van der Waals surface area contributed by atoms with E-state index >= 15 is 0 Å². The number of H-pyrrole nitrogens is 1. The number of hydrogen-bond donors (Lipinski definition) is 2.